The molecule has 0 aromatic heterocycles. The van der Waals surface area contributed by atoms with Crippen molar-refractivity contribution in [2.75, 3.05) is 33.3 Å². The van der Waals surface area contributed by atoms with Crippen LogP contribution in [0.1, 0.15) is 37.7 Å². The molecule has 1 unspecified atom stereocenters. The van der Waals surface area contributed by atoms with Crippen LogP contribution < -0.4 is 10.6 Å². The van der Waals surface area contributed by atoms with Gasteiger partial charge in [0.25, 0.3) is 5.91 Å². The Labute approximate surface area is 175 Å². The van der Waals surface area contributed by atoms with Crippen LogP contribution in [0.5, 0.6) is 0 Å². The number of halogens is 2. The van der Waals surface area contributed by atoms with E-state index in [0.717, 1.165) is 45.4 Å². The zero-order valence-electron chi connectivity index (χ0n) is 16.1. The van der Waals surface area contributed by atoms with Crippen molar-refractivity contribution < 1.29 is 9.53 Å². The van der Waals surface area contributed by atoms with Crippen LogP contribution in [-0.4, -0.2) is 55.7 Å². The van der Waals surface area contributed by atoms with E-state index in [0.29, 0.717) is 12.6 Å². The Morgan fingerprint density at radius 1 is 1.22 bits per heavy atom. The van der Waals surface area contributed by atoms with Crippen molar-refractivity contribution in [2.24, 2.45) is 0 Å². The number of methoxy groups -OCH3 is 1. The molecule has 2 fully saturated rings. The fourth-order valence-corrected chi connectivity index (χ4v) is 4.04. The number of piperidine rings is 2. The van der Waals surface area contributed by atoms with Crippen molar-refractivity contribution in [3.63, 3.8) is 0 Å². The van der Waals surface area contributed by atoms with Crippen molar-refractivity contribution in [1.29, 1.82) is 0 Å². The van der Waals surface area contributed by atoms with Crippen LogP contribution in [0.2, 0.25) is 0 Å². The number of nitrogens with zero attached hydrogens (tertiary/aromatic N) is 1. The summed E-state index contributed by atoms with van der Waals surface area (Å²) in [6.07, 6.45) is 5.12. The van der Waals surface area contributed by atoms with Crippen molar-refractivity contribution in [1.82, 2.24) is 15.5 Å². The third-order valence-electron chi connectivity index (χ3n) is 5.69. The second-order valence-electron chi connectivity index (χ2n) is 7.26. The number of hydrogen-bond acceptors (Lipinski definition) is 4. The molecule has 0 saturated carbocycles. The molecule has 1 aromatic carbocycles. The molecule has 0 radical (unpaired) electrons. The predicted octanol–water partition coefficient (Wildman–Crippen LogP) is 2.77. The van der Waals surface area contributed by atoms with Gasteiger partial charge in [0.1, 0.15) is 5.60 Å². The van der Waals surface area contributed by atoms with Crippen LogP contribution in [0, 0.1) is 0 Å². The molecule has 27 heavy (non-hydrogen) atoms. The highest BCUT2D eigenvalue weighted by Gasteiger charge is 2.39. The lowest BCUT2D eigenvalue weighted by Crippen LogP contribution is -2.56. The van der Waals surface area contributed by atoms with Crippen molar-refractivity contribution in [3.05, 3.63) is 35.9 Å². The molecular weight excluding hydrogens is 385 g/mol. The largest absolute Gasteiger partial charge is 0.368 e. The Morgan fingerprint density at radius 3 is 2.59 bits per heavy atom. The first-order valence-electron chi connectivity index (χ1n) is 9.56. The van der Waals surface area contributed by atoms with Gasteiger partial charge < -0.3 is 15.4 Å². The topological polar surface area (TPSA) is 53.6 Å². The van der Waals surface area contributed by atoms with Gasteiger partial charge in [0.05, 0.1) is 0 Å². The number of nitrogens with one attached hydrogen (secondary N) is 2. The predicted molar refractivity (Wildman–Crippen MR) is 114 cm³/mol. The first-order chi connectivity index (χ1) is 12.2. The highest BCUT2D eigenvalue weighted by molar-refractivity contribution is 5.86. The molecule has 2 heterocycles. The Kier molecular flexibility index (Phi) is 10.6. The number of likely N-dealkylation sites (tertiary alicyclic amines) is 1. The summed E-state index contributed by atoms with van der Waals surface area (Å²) in [6, 6.07) is 11.0. The quantitative estimate of drug-likeness (QED) is 0.746. The summed E-state index contributed by atoms with van der Waals surface area (Å²) in [4.78, 5) is 15.3. The smallest absolute Gasteiger partial charge is 0.252 e. The number of carbonyl (C=O) groups is 1. The monoisotopic (exact) mass is 417 g/mol. The van der Waals surface area contributed by atoms with Crippen LogP contribution in [0.15, 0.2) is 30.3 Å². The zero-order chi connectivity index (χ0) is 17.5. The second kappa shape index (κ2) is 11.9. The minimum Gasteiger partial charge on any atom is -0.368 e. The average Bonchev–Trinajstić information content (AvgIpc) is 2.68. The van der Waals surface area contributed by atoms with Crippen LogP contribution >= 0.6 is 24.8 Å². The summed E-state index contributed by atoms with van der Waals surface area (Å²) in [5.74, 6) is 0.0572. The molecule has 3 rings (SSSR count). The van der Waals surface area contributed by atoms with E-state index in [2.05, 4.69) is 45.9 Å². The Morgan fingerprint density at radius 2 is 1.93 bits per heavy atom. The molecule has 1 amide bonds. The standard InChI is InChI=1S/C20H31N3O2.2ClH/c1-25-20(10-12-21-13-11-20)19(24)22-15-18-9-5-6-14-23(18)16-17-7-3-2-4-8-17;;/h2-4,7-8,18,21H,5-6,9-16H2,1H3,(H,22,24);2*1H. The summed E-state index contributed by atoms with van der Waals surface area (Å²) in [6.45, 7) is 4.45. The molecule has 2 aliphatic rings. The van der Waals surface area contributed by atoms with Crippen molar-refractivity contribution >= 4 is 30.7 Å². The summed E-state index contributed by atoms with van der Waals surface area (Å²) >= 11 is 0. The second-order valence-corrected chi connectivity index (χ2v) is 7.26. The van der Waals surface area contributed by atoms with E-state index >= 15 is 0 Å². The van der Waals surface area contributed by atoms with Crippen LogP contribution in [0.25, 0.3) is 0 Å². The molecule has 5 nitrogen and oxygen atoms in total. The summed E-state index contributed by atoms with van der Waals surface area (Å²) in [5.41, 5.74) is 0.692. The van der Waals surface area contributed by atoms with Gasteiger partial charge in [-0.05, 0) is 50.9 Å². The third-order valence-corrected chi connectivity index (χ3v) is 5.69. The van der Waals surface area contributed by atoms with E-state index in [9.17, 15) is 4.79 Å². The van der Waals surface area contributed by atoms with E-state index in [1.165, 1.54) is 18.4 Å². The molecular formula is C20H33Cl2N3O2. The maximum absolute atomic E-state index is 12.8. The fraction of sp³-hybridized carbons (Fsp3) is 0.650. The van der Waals surface area contributed by atoms with Gasteiger partial charge >= 0.3 is 0 Å². The van der Waals surface area contributed by atoms with Gasteiger partial charge in [0.15, 0.2) is 0 Å². The lowest BCUT2D eigenvalue weighted by Gasteiger charge is -2.38. The molecule has 1 atom stereocenters. The first-order valence-corrected chi connectivity index (χ1v) is 9.56. The SMILES string of the molecule is COC1(C(=O)NCC2CCCCN2Cc2ccccc2)CCNCC1.Cl.Cl. The van der Waals surface area contributed by atoms with Crippen molar-refractivity contribution in [2.45, 2.75) is 50.3 Å². The van der Waals surface area contributed by atoms with Crippen LogP contribution in [0.3, 0.4) is 0 Å². The van der Waals surface area contributed by atoms with E-state index in [1.54, 1.807) is 7.11 Å². The number of benzene rings is 1. The van der Waals surface area contributed by atoms with Gasteiger partial charge in [0, 0.05) is 26.2 Å². The lowest BCUT2D eigenvalue weighted by molar-refractivity contribution is -0.147. The van der Waals surface area contributed by atoms with Gasteiger partial charge in [-0.3, -0.25) is 9.69 Å². The molecule has 0 bridgehead atoms. The Bertz CT molecular complexity index is 553. The van der Waals surface area contributed by atoms with E-state index in [1.807, 2.05) is 0 Å². The van der Waals surface area contributed by atoms with Crippen LogP contribution in [-0.2, 0) is 16.1 Å². The summed E-state index contributed by atoms with van der Waals surface area (Å²) in [7, 11) is 1.66. The summed E-state index contributed by atoms with van der Waals surface area (Å²) in [5, 5.41) is 6.50. The van der Waals surface area contributed by atoms with Crippen LogP contribution in [0.4, 0.5) is 0 Å². The molecule has 1 aromatic rings. The van der Waals surface area contributed by atoms with E-state index in [-0.39, 0.29) is 30.7 Å². The minimum absolute atomic E-state index is 0. The minimum atomic E-state index is -0.649. The number of ether oxygens (including phenoxy) is 1. The fourth-order valence-electron chi connectivity index (χ4n) is 4.04. The normalized spacial score (nSPS) is 22.2. The van der Waals surface area contributed by atoms with Crippen molar-refractivity contribution in [3.8, 4) is 0 Å². The Hall–Kier alpha value is -0.850. The van der Waals surface area contributed by atoms with E-state index < -0.39 is 5.60 Å². The number of rotatable bonds is 6. The number of carbonyl (C=O) groups excluding carboxylic acids is 1. The average molecular weight is 418 g/mol. The van der Waals surface area contributed by atoms with Gasteiger partial charge in [-0.2, -0.15) is 0 Å². The molecule has 0 aliphatic carbocycles. The molecule has 7 heteroatoms. The van der Waals surface area contributed by atoms with Gasteiger partial charge in [-0.1, -0.05) is 36.8 Å². The maximum atomic E-state index is 12.8. The number of amides is 1. The van der Waals surface area contributed by atoms with Gasteiger partial charge in [-0.15, -0.1) is 24.8 Å². The molecule has 2 aliphatic heterocycles. The molecule has 0 spiro atoms. The first kappa shape index (κ1) is 24.2. The Balaban J connectivity index is 0.00000182. The zero-order valence-corrected chi connectivity index (χ0v) is 17.7. The van der Waals surface area contributed by atoms with E-state index in [4.69, 9.17) is 4.74 Å². The third kappa shape index (κ3) is 6.33. The highest BCUT2D eigenvalue weighted by Crippen LogP contribution is 2.23. The lowest BCUT2D eigenvalue weighted by atomic mass is 9.91. The number of hydrogen-bond donors (Lipinski definition) is 2. The molecule has 2 saturated heterocycles. The molecule has 2 N–H and O–H groups in total. The van der Waals surface area contributed by atoms with Gasteiger partial charge in [0.2, 0.25) is 0 Å². The van der Waals surface area contributed by atoms with Gasteiger partial charge in [-0.25, -0.2) is 0 Å². The molecule has 154 valence electrons. The maximum Gasteiger partial charge on any atom is 0.252 e. The summed E-state index contributed by atoms with van der Waals surface area (Å²) < 4.78 is 5.64. The highest BCUT2D eigenvalue weighted by atomic mass is 35.5.